The minimum atomic E-state index is -0.392. The highest BCUT2D eigenvalue weighted by Gasteiger charge is 2.42. The van der Waals surface area contributed by atoms with Crippen LogP contribution in [0.5, 0.6) is 0 Å². The van der Waals surface area contributed by atoms with E-state index in [0.29, 0.717) is 5.11 Å². The molecule has 1 aliphatic rings. The number of aryl methyl sites for hydroxylation is 1. The van der Waals surface area contributed by atoms with E-state index < -0.39 is 4.92 Å². The molecule has 0 radical (unpaired) electrons. The largest absolute Gasteiger partial charge is 0.351 e. The Labute approximate surface area is 240 Å². The average Bonchev–Trinajstić information content (AvgIpc) is 3.53. The molecule has 4 heterocycles. The molecule has 40 heavy (non-hydrogen) atoms. The summed E-state index contributed by atoms with van der Waals surface area (Å²) >= 11 is 7.47. The molecule has 1 aliphatic heterocycles. The minimum Gasteiger partial charge on any atom is -0.351 e. The lowest BCUT2D eigenvalue weighted by Crippen LogP contribution is -2.30. The molecule has 1 saturated heterocycles. The predicted molar refractivity (Wildman–Crippen MR) is 160 cm³/mol. The van der Waals surface area contributed by atoms with Gasteiger partial charge in [-0.15, -0.1) is 0 Å². The number of non-ortho nitro benzene ring substituents is 1. The van der Waals surface area contributed by atoms with Crippen LogP contribution in [-0.2, 0) is 0 Å². The molecular weight excluding hydrogens is 541 g/mol. The Kier molecular flexibility index (Phi) is 7.02. The van der Waals surface area contributed by atoms with Crippen molar-refractivity contribution in [3.05, 3.63) is 137 Å². The average molecular weight is 565 g/mol. The monoisotopic (exact) mass is 564 g/mol. The van der Waals surface area contributed by atoms with Gasteiger partial charge in [0.25, 0.3) is 5.69 Å². The van der Waals surface area contributed by atoms with Gasteiger partial charge < -0.3 is 14.8 Å². The number of nitrogens with zero attached hydrogens (tertiary/aromatic N) is 5. The SMILES string of the molecule is Cc1ccc([C@H]2[C@H](c3ccccn3)NC(=S)N2c2ccc(Sc3ccc([N+](=O)[O-])cc3)cc2)n1-c1cccnc1. The molecule has 2 atom stereocenters. The number of hydrogen-bond donors (Lipinski definition) is 1. The van der Waals surface area contributed by atoms with Crippen LogP contribution in [0, 0.1) is 17.0 Å². The van der Waals surface area contributed by atoms with E-state index in [0.717, 1.165) is 38.2 Å². The molecule has 0 bridgehead atoms. The summed E-state index contributed by atoms with van der Waals surface area (Å²) in [4.78, 5) is 23.7. The lowest BCUT2D eigenvalue weighted by atomic mass is 10.0. The minimum absolute atomic E-state index is 0.0783. The van der Waals surface area contributed by atoms with Crippen LogP contribution < -0.4 is 10.2 Å². The number of benzene rings is 2. The van der Waals surface area contributed by atoms with Gasteiger partial charge in [-0.05, 0) is 91.9 Å². The van der Waals surface area contributed by atoms with E-state index in [1.165, 1.54) is 12.1 Å². The second kappa shape index (κ2) is 10.9. The molecule has 5 aromatic rings. The second-order valence-electron chi connectivity index (χ2n) is 9.29. The summed E-state index contributed by atoms with van der Waals surface area (Å²) in [6.07, 6.45) is 5.43. The molecule has 0 amide bonds. The maximum absolute atomic E-state index is 11.0. The van der Waals surface area contributed by atoms with Gasteiger partial charge in [-0.2, -0.15) is 0 Å². The van der Waals surface area contributed by atoms with E-state index in [9.17, 15) is 10.1 Å². The van der Waals surface area contributed by atoms with Gasteiger partial charge in [-0.1, -0.05) is 17.8 Å². The molecule has 0 aliphatic carbocycles. The van der Waals surface area contributed by atoms with E-state index in [4.69, 9.17) is 12.2 Å². The van der Waals surface area contributed by atoms with Crippen LogP contribution >= 0.6 is 24.0 Å². The zero-order chi connectivity index (χ0) is 27.6. The van der Waals surface area contributed by atoms with E-state index >= 15 is 0 Å². The first-order valence-corrected chi connectivity index (χ1v) is 13.8. The molecular formula is C30H24N6O2S2. The summed E-state index contributed by atoms with van der Waals surface area (Å²) < 4.78 is 2.22. The van der Waals surface area contributed by atoms with Crippen molar-refractivity contribution in [3.63, 3.8) is 0 Å². The number of thiocarbonyl (C=S) groups is 1. The van der Waals surface area contributed by atoms with E-state index in [1.54, 1.807) is 36.3 Å². The molecule has 0 spiro atoms. The second-order valence-corrected chi connectivity index (χ2v) is 10.8. The van der Waals surface area contributed by atoms with Gasteiger partial charge >= 0.3 is 0 Å². The van der Waals surface area contributed by atoms with Crippen LogP contribution in [0.2, 0.25) is 0 Å². The smallest absolute Gasteiger partial charge is 0.269 e. The quantitative estimate of drug-likeness (QED) is 0.131. The summed E-state index contributed by atoms with van der Waals surface area (Å²) in [7, 11) is 0. The third kappa shape index (κ3) is 4.94. The molecule has 0 saturated carbocycles. The van der Waals surface area contributed by atoms with Crippen molar-refractivity contribution in [2.45, 2.75) is 28.8 Å². The number of rotatable bonds is 7. The van der Waals surface area contributed by atoms with Gasteiger partial charge in [0.1, 0.15) is 6.04 Å². The number of nitro benzene ring substituents is 1. The van der Waals surface area contributed by atoms with Gasteiger partial charge in [0.2, 0.25) is 0 Å². The number of pyridine rings is 2. The molecule has 1 N–H and O–H groups in total. The molecule has 1 fully saturated rings. The number of hydrogen-bond acceptors (Lipinski definition) is 6. The summed E-state index contributed by atoms with van der Waals surface area (Å²) in [6.45, 7) is 2.08. The van der Waals surface area contributed by atoms with E-state index in [-0.39, 0.29) is 17.8 Å². The Balaban J connectivity index is 1.37. The lowest BCUT2D eigenvalue weighted by molar-refractivity contribution is -0.384. The normalized spacial score (nSPS) is 16.6. The Morgan fingerprint density at radius 1 is 0.900 bits per heavy atom. The first kappa shape index (κ1) is 25.7. The van der Waals surface area contributed by atoms with E-state index in [2.05, 4.69) is 62.0 Å². The Hall–Kier alpha value is -4.54. The van der Waals surface area contributed by atoms with Gasteiger partial charge in [-0.25, -0.2) is 0 Å². The Morgan fingerprint density at radius 2 is 1.65 bits per heavy atom. The predicted octanol–water partition coefficient (Wildman–Crippen LogP) is 6.81. The lowest BCUT2D eigenvalue weighted by Gasteiger charge is -2.29. The van der Waals surface area contributed by atoms with Gasteiger partial charge in [0.15, 0.2) is 5.11 Å². The number of nitro groups is 1. The zero-order valence-electron chi connectivity index (χ0n) is 21.4. The number of nitrogens with one attached hydrogen (secondary N) is 1. The molecule has 0 unspecified atom stereocenters. The maximum Gasteiger partial charge on any atom is 0.269 e. The molecule has 2 aromatic carbocycles. The van der Waals surface area contributed by atoms with Crippen molar-refractivity contribution < 1.29 is 4.92 Å². The van der Waals surface area contributed by atoms with Gasteiger partial charge in [0, 0.05) is 51.4 Å². The summed E-state index contributed by atoms with van der Waals surface area (Å²) in [5, 5.41) is 15.1. The van der Waals surface area contributed by atoms with Crippen molar-refractivity contribution in [1.82, 2.24) is 19.9 Å². The fourth-order valence-corrected chi connectivity index (χ4v) is 6.17. The molecule has 198 valence electrons. The highest BCUT2D eigenvalue weighted by Crippen LogP contribution is 2.43. The highest BCUT2D eigenvalue weighted by molar-refractivity contribution is 7.99. The van der Waals surface area contributed by atoms with E-state index in [1.807, 2.05) is 42.6 Å². The van der Waals surface area contributed by atoms with Gasteiger partial charge in [-0.3, -0.25) is 20.1 Å². The van der Waals surface area contributed by atoms with Crippen molar-refractivity contribution in [2.24, 2.45) is 0 Å². The third-order valence-corrected chi connectivity index (χ3v) is 8.14. The molecule has 6 rings (SSSR count). The van der Waals surface area contributed by atoms with Crippen LogP contribution in [0.3, 0.4) is 0 Å². The van der Waals surface area contributed by atoms with Crippen molar-refractivity contribution in [3.8, 4) is 5.69 Å². The number of aromatic nitrogens is 3. The van der Waals surface area contributed by atoms with Crippen molar-refractivity contribution in [2.75, 3.05) is 4.90 Å². The van der Waals surface area contributed by atoms with Crippen LogP contribution in [0.1, 0.15) is 29.2 Å². The number of anilines is 1. The third-order valence-electron chi connectivity index (χ3n) is 6.81. The highest BCUT2D eigenvalue weighted by atomic mass is 32.2. The fraction of sp³-hybridized carbons (Fsp3) is 0.100. The Morgan fingerprint density at radius 3 is 2.30 bits per heavy atom. The van der Waals surface area contributed by atoms with Crippen molar-refractivity contribution >= 4 is 40.5 Å². The zero-order valence-corrected chi connectivity index (χ0v) is 23.0. The van der Waals surface area contributed by atoms with Crippen LogP contribution in [-0.4, -0.2) is 24.6 Å². The summed E-state index contributed by atoms with van der Waals surface area (Å²) in [5.74, 6) is 0. The van der Waals surface area contributed by atoms with Crippen LogP contribution in [0.4, 0.5) is 11.4 Å². The first-order chi connectivity index (χ1) is 19.5. The standard InChI is InChI=1S/C30H24N6O2S2/c1-20-7-16-27(34(20)23-5-4-17-31-19-23)29-28(26-6-2-3-18-32-26)33-30(39)35(29)21-8-12-24(13-9-21)40-25-14-10-22(11-15-25)36(37)38/h2-19,28-29H,1H3,(H,33,39)/t28-,29-/m0/s1. The Bertz CT molecular complexity index is 1660. The van der Waals surface area contributed by atoms with Gasteiger partial charge in [0.05, 0.1) is 28.5 Å². The molecule has 10 heteroatoms. The van der Waals surface area contributed by atoms with Crippen molar-refractivity contribution in [1.29, 1.82) is 0 Å². The molecule has 8 nitrogen and oxygen atoms in total. The van der Waals surface area contributed by atoms with Crippen LogP contribution in [0.15, 0.2) is 119 Å². The maximum atomic E-state index is 11.0. The summed E-state index contributed by atoms with van der Waals surface area (Å²) in [6, 6.07) is 28.6. The topological polar surface area (TPSA) is 89.1 Å². The molecule has 3 aromatic heterocycles. The first-order valence-electron chi connectivity index (χ1n) is 12.6. The van der Waals surface area contributed by atoms with Crippen LogP contribution in [0.25, 0.3) is 5.69 Å². The summed E-state index contributed by atoms with van der Waals surface area (Å²) in [5.41, 5.74) is 5.07. The fourth-order valence-electron chi connectivity index (χ4n) is 5.01.